The third kappa shape index (κ3) is 6.25. The molecule has 1 aliphatic heterocycles. The summed E-state index contributed by atoms with van der Waals surface area (Å²) >= 11 is 0. The summed E-state index contributed by atoms with van der Waals surface area (Å²) in [5, 5.41) is 2.57. The number of ether oxygens (including phenoxy) is 2. The summed E-state index contributed by atoms with van der Waals surface area (Å²) in [5.74, 6) is -2.43. The van der Waals surface area contributed by atoms with Crippen molar-refractivity contribution in [1.82, 2.24) is 0 Å². The minimum atomic E-state index is -0.767. The van der Waals surface area contributed by atoms with Gasteiger partial charge in [-0.05, 0) is 48.9 Å². The second-order valence-corrected chi connectivity index (χ2v) is 7.36. The van der Waals surface area contributed by atoms with Gasteiger partial charge in [0.05, 0.1) is 23.4 Å². The normalized spacial score (nSPS) is 13.1. The molecular formula is C24H24N2O7. The van der Waals surface area contributed by atoms with Crippen molar-refractivity contribution in [3.63, 3.8) is 0 Å². The van der Waals surface area contributed by atoms with Gasteiger partial charge in [-0.1, -0.05) is 19.4 Å². The number of carbonyl (C=O) groups excluding carboxylic acids is 5. The van der Waals surface area contributed by atoms with Gasteiger partial charge in [-0.15, -0.1) is 0 Å². The van der Waals surface area contributed by atoms with Crippen molar-refractivity contribution in [2.45, 2.75) is 32.6 Å². The van der Waals surface area contributed by atoms with E-state index in [4.69, 9.17) is 9.47 Å². The van der Waals surface area contributed by atoms with E-state index in [-0.39, 0.29) is 35.9 Å². The maximum absolute atomic E-state index is 12.3. The zero-order chi connectivity index (χ0) is 23.8. The lowest BCUT2D eigenvalue weighted by Crippen LogP contribution is -2.28. The van der Waals surface area contributed by atoms with Gasteiger partial charge in [0.25, 0.3) is 5.91 Å². The molecule has 0 bridgehead atoms. The van der Waals surface area contributed by atoms with Crippen molar-refractivity contribution < 1.29 is 33.4 Å². The van der Waals surface area contributed by atoms with Crippen LogP contribution in [0.1, 0.15) is 53.3 Å². The first-order valence-corrected chi connectivity index (χ1v) is 10.6. The van der Waals surface area contributed by atoms with Crippen molar-refractivity contribution >= 4 is 41.0 Å². The van der Waals surface area contributed by atoms with Crippen LogP contribution in [-0.4, -0.2) is 42.9 Å². The van der Waals surface area contributed by atoms with Gasteiger partial charge >= 0.3 is 11.9 Å². The van der Waals surface area contributed by atoms with Crippen molar-refractivity contribution in [3.8, 4) is 0 Å². The van der Waals surface area contributed by atoms with Crippen molar-refractivity contribution in [2.24, 2.45) is 0 Å². The van der Waals surface area contributed by atoms with Crippen molar-refractivity contribution in [3.05, 3.63) is 59.7 Å². The molecule has 9 heteroatoms. The van der Waals surface area contributed by atoms with E-state index in [9.17, 15) is 24.0 Å². The molecule has 2 aromatic rings. The average Bonchev–Trinajstić information content (AvgIpc) is 3.16. The molecule has 1 N–H and O–H groups in total. The quantitative estimate of drug-likeness (QED) is 0.353. The van der Waals surface area contributed by atoms with Crippen LogP contribution in [0.2, 0.25) is 0 Å². The molecule has 0 unspecified atom stereocenters. The van der Waals surface area contributed by atoms with Gasteiger partial charge in [-0.3, -0.25) is 19.3 Å². The Labute approximate surface area is 190 Å². The number of hydrogen-bond donors (Lipinski definition) is 1. The van der Waals surface area contributed by atoms with E-state index in [1.807, 2.05) is 6.92 Å². The highest BCUT2D eigenvalue weighted by molar-refractivity contribution is 6.20. The number of hydrogen-bond acceptors (Lipinski definition) is 7. The summed E-state index contributed by atoms with van der Waals surface area (Å²) in [7, 11) is 0. The minimum absolute atomic E-state index is 0.110. The number of nitrogens with zero attached hydrogens (tertiary/aromatic N) is 1. The molecule has 0 aliphatic carbocycles. The number of benzene rings is 2. The summed E-state index contributed by atoms with van der Waals surface area (Å²) in [6, 6.07) is 12.1. The SMILES string of the molecule is CCCCOC(=O)c1ccc(NC(=O)COC(=O)c2cccc(N3C(=O)CCC3=O)c2)cc1. The third-order valence-electron chi connectivity index (χ3n) is 4.86. The first-order valence-electron chi connectivity index (χ1n) is 10.6. The number of rotatable bonds is 9. The van der Waals surface area contributed by atoms with E-state index in [0.717, 1.165) is 17.7 Å². The fraction of sp³-hybridized carbons (Fsp3) is 0.292. The molecule has 172 valence electrons. The summed E-state index contributed by atoms with van der Waals surface area (Å²) in [4.78, 5) is 61.1. The molecule has 1 aliphatic rings. The summed E-state index contributed by atoms with van der Waals surface area (Å²) in [6.07, 6.45) is 1.98. The predicted octanol–water partition coefficient (Wildman–Crippen LogP) is 3.09. The van der Waals surface area contributed by atoms with Crippen molar-refractivity contribution in [2.75, 3.05) is 23.4 Å². The Morgan fingerprint density at radius 2 is 1.58 bits per heavy atom. The molecule has 33 heavy (non-hydrogen) atoms. The van der Waals surface area contributed by atoms with Crippen LogP contribution >= 0.6 is 0 Å². The topological polar surface area (TPSA) is 119 Å². The first-order chi connectivity index (χ1) is 15.9. The maximum atomic E-state index is 12.3. The molecule has 0 atom stereocenters. The van der Waals surface area contributed by atoms with E-state index in [0.29, 0.717) is 17.9 Å². The monoisotopic (exact) mass is 452 g/mol. The molecular weight excluding hydrogens is 428 g/mol. The highest BCUT2D eigenvalue weighted by Crippen LogP contribution is 2.23. The van der Waals surface area contributed by atoms with E-state index in [1.54, 1.807) is 18.2 Å². The van der Waals surface area contributed by atoms with E-state index in [2.05, 4.69) is 5.32 Å². The molecule has 0 radical (unpaired) electrons. The van der Waals surface area contributed by atoms with Crippen LogP contribution in [0, 0.1) is 0 Å². The van der Waals surface area contributed by atoms with Crippen LogP contribution in [0.4, 0.5) is 11.4 Å². The standard InChI is InChI=1S/C24H24N2O7/c1-2-3-13-32-23(30)16-7-9-18(10-8-16)25-20(27)15-33-24(31)17-5-4-6-19(14-17)26-21(28)11-12-22(26)29/h4-10,14H,2-3,11-13,15H2,1H3,(H,25,27). The highest BCUT2D eigenvalue weighted by atomic mass is 16.5. The van der Waals surface area contributed by atoms with E-state index < -0.39 is 24.5 Å². The van der Waals surface area contributed by atoms with Gasteiger partial charge in [0.15, 0.2) is 6.61 Å². The molecule has 1 heterocycles. The lowest BCUT2D eigenvalue weighted by atomic mass is 10.2. The molecule has 3 amide bonds. The van der Waals surface area contributed by atoms with Gasteiger partial charge in [0, 0.05) is 18.5 Å². The zero-order valence-corrected chi connectivity index (χ0v) is 18.2. The first kappa shape index (κ1) is 23.6. The van der Waals surface area contributed by atoms with Crippen LogP contribution in [0.15, 0.2) is 48.5 Å². The molecule has 1 fully saturated rings. The van der Waals surface area contributed by atoms with Crippen molar-refractivity contribution in [1.29, 1.82) is 0 Å². The maximum Gasteiger partial charge on any atom is 0.338 e. The number of esters is 2. The fourth-order valence-electron chi connectivity index (χ4n) is 3.13. The Kier molecular flexibility index (Phi) is 7.91. The number of nitrogens with one attached hydrogen (secondary N) is 1. The third-order valence-corrected chi connectivity index (χ3v) is 4.86. The number of carbonyl (C=O) groups is 5. The number of amides is 3. The van der Waals surface area contributed by atoms with Crippen LogP contribution in [0.3, 0.4) is 0 Å². The second-order valence-electron chi connectivity index (χ2n) is 7.36. The Morgan fingerprint density at radius 1 is 0.909 bits per heavy atom. The number of imide groups is 1. The summed E-state index contributed by atoms with van der Waals surface area (Å²) in [5.41, 5.74) is 1.19. The summed E-state index contributed by atoms with van der Waals surface area (Å²) in [6.45, 7) is 1.82. The molecule has 0 saturated carbocycles. The molecule has 0 aromatic heterocycles. The van der Waals surface area contributed by atoms with E-state index >= 15 is 0 Å². The second kappa shape index (κ2) is 11.0. The van der Waals surface area contributed by atoms with E-state index in [1.165, 1.54) is 30.3 Å². The van der Waals surface area contributed by atoms with Crippen LogP contribution < -0.4 is 10.2 Å². The van der Waals surface area contributed by atoms with Gasteiger partial charge in [-0.2, -0.15) is 0 Å². The zero-order valence-electron chi connectivity index (χ0n) is 18.2. The highest BCUT2D eigenvalue weighted by Gasteiger charge is 2.30. The molecule has 1 saturated heterocycles. The Morgan fingerprint density at radius 3 is 2.24 bits per heavy atom. The Balaban J connectivity index is 1.51. The van der Waals surface area contributed by atoms with Crippen LogP contribution in [-0.2, 0) is 23.9 Å². The molecule has 9 nitrogen and oxygen atoms in total. The minimum Gasteiger partial charge on any atom is -0.462 e. The lowest BCUT2D eigenvalue weighted by molar-refractivity contribution is -0.121. The predicted molar refractivity (Wildman–Crippen MR) is 119 cm³/mol. The average molecular weight is 452 g/mol. The largest absolute Gasteiger partial charge is 0.462 e. The lowest BCUT2D eigenvalue weighted by Gasteiger charge is -2.14. The molecule has 3 rings (SSSR count). The van der Waals surface area contributed by atoms with Gasteiger partial charge in [0.1, 0.15) is 0 Å². The summed E-state index contributed by atoms with van der Waals surface area (Å²) < 4.78 is 10.2. The van der Waals surface area contributed by atoms with Gasteiger partial charge in [0.2, 0.25) is 11.8 Å². The Bertz CT molecular complexity index is 1050. The van der Waals surface area contributed by atoms with Crippen LogP contribution in [0.25, 0.3) is 0 Å². The molecule has 2 aromatic carbocycles. The number of unbranched alkanes of at least 4 members (excludes halogenated alkanes) is 1. The van der Waals surface area contributed by atoms with Gasteiger partial charge < -0.3 is 14.8 Å². The smallest absolute Gasteiger partial charge is 0.338 e. The number of anilines is 2. The van der Waals surface area contributed by atoms with Crippen LogP contribution in [0.5, 0.6) is 0 Å². The van der Waals surface area contributed by atoms with Gasteiger partial charge in [-0.25, -0.2) is 9.59 Å². The Hall–Kier alpha value is -4.01. The fourth-order valence-corrected chi connectivity index (χ4v) is 3.13. The molecule has 0 spiro atoms.